The summed E-state index contributed by atoms with van der Waals surface area (Å²) in [4.78, 5) is 25.9. The highest BCUT2D eigenvalue weighted by molar-refractivity contribution is 5.87. The molecule has 1 unspecified atom stereocenters. The predicted molar refractivity (Wildman–Crippen MR) is 74.9 cm³/mol. The minimum absolute atomic E-state index is 0.0302. The third-order valence-corrected chi connectivity index (χ3v) is 4.24. The Kier molecular flexibility index (Phi) is 5.37. The third-order valence-electron chi connectivity index (χ3n) is 4.24. The van der Waals surface area contributed by atoms with Crippen LogP contribution in [0.2, 0.25) is 0 Å². The van der Waals surface area contributed by atoms with Gasteiger partial charge in [-0.1, -0.05) is 6.42 Å². The summed E-state index contributed by atoms with van der Waals surface area (Å²) < 4.78 is 5.22. The molecule has 1 saturated heterocycles. The average molecular weight is 283 g/mol. The van der Waals surface area contributed by atoms with Gasteiger partial charge in [-0.25, -0.2) is 0 Å². The lowest BCUT2D eigenvalue weighted by Gasteiger charge is -2.29. The topological polar surface area (TPSA) is 84.7 Å². The van der Waals surface area contributed by atoms with E-state index in [-0.39, 0.29) is 23.8 Å². The summed E-state index contributed by atoms with van der Waals surface area (Å²) in [5.74, 6) is 0.166. The normalized spacial score (nSPS) is 28.2. The molecule has 6 heteroatoms. The quantitative estimate of drug-likeness (QED) is 0.752. The fourth-order valence-corrected chi connectivity index (χ4v) is 2.98. The Morgan fingerprint density at radius 2 is 2.05 bits per heavy atom. The van der Waals surface area contributed by atoms with Crippen molar-refractivity contribution >= 4 is 11.8 Å². The molecule has 2 aliphatic rings. The maximum atomic E-state index is 12.2. The molecule has 114 valence electrons. The van der Waals surface area contributed by atoms with Gasteiger partial charge in [0.25, 0.3) is 0 Å². The van der Waals surface area contributed by atoms with Gasteiger partial charge < -0.3 is 20.7 Å². The largest absolute Gasteiger partial charge is 0.378 e. The number of amides is 2. The fourth-order valence-electron chi connectivity index (χ4n) is 2.98. The SMILES string of the molecule is CC(NC(=O)C[C@@H]1CCC[C@H]1N)C(=O)N1CCOCC1. The van der Waals surface area contributed by atoms with E-state index in [0.717, 1.165) is 19.3 Å². The number of hydrogen-bond acceptors (Lipinski definition) is 4. The van der Waals surface area contributed by atoms with E-state index in [1.165, 1.54) is 0 Å². The molecule has 2 amide bonds. The zero-order valence-corrected chi connectivity index (χ0v) is 12.1. The minimum atomic E-state index is -0.474. The molecule has 3 N–H and O–H groups in total. The standard InChI is InChI=1S/C14H25N3O3/c1-10(14(19)17-5-7-20-8-6-17)16-13(18)9-11-3-2-4-12(11)15/h10-12H,2-9,15H2,1H3,(H,16,18)/t10?,11-,12+/m0/s1. The number of rotatable bonds is 4. The van der Waals surface area contributed by atoms with Crippen LogP contribution in [0, 0.1) is 5.92 Å². The molecular formula is C14H25N3O3. The van der Waals surface area contributed by atoms with E-state index in [9.17, 15) is 9.59 Å². The first-order valence-corrected chi connectivity index (χ1v) is 7.49. The number of carbonyl (C=O) groups excluding carboxylic acids is 2. The predicted octanol–water partition coefficient (Wildman–Crippen LogP) is -0.133. The van der Waals surface area contributed by atoms with Crippen LogP contribution >= 0.6 is 0 Å². The van der Waals surface area contributed by atoms with Crippen molar-refractivity contribution < 1.29 is 14.3 Å². The van der Waals surface area contributed by atoms with Gasteiger partial charge in [0.2, 0.25) is 11.8 Å². The third kappa shape index (κ3) is 3.93. The molecule has 1 saturated carbocycles. The van der Waals surface area contributed by atoms with Crippen molar-refractivity contribution in [2.75, 3.05) is 26.3 Å². The first-order valence-electron chi connectivity index (χ1n) is 7.49. The zero-order chi connectivity index (χ0) is 14.5. The van der Waals surface area contributed by atoms with Gasteiger partial charge >= 0.3 is 0 Å². The molecule has 1 aliphatic carbocycles. The molecule has 0 spiro atoms. The van der Waals surface area contributed by atoms with Gasteiger partial charge in [-0.2, -0.15) is 0 Å². The van der Waals surface area contributed by atoms with Crippen LogP contribution in [-0.2, 0) is 14.3 Å². The number of carbonyl (C=O) groups is 2. The van der Waals surface area contributed by atoms with E-state index < -0.39 is 6.04 Å². The first-order chi connectivity index (χ1) is 9.58. The number of nitrogens with zero attached hydrogens (tertiary/aromatic N) is 1. The van der Waals surface area contributed by atoms with Crippen molar-refractivity contribution in [1.82, 2.24) is 10.2 Å². The number of nitrogens with two attached hydrogens (primary N) is 1. The van der Waals surface area contributed by atoms with Crippen LogP contribution in [0.5, 0.6) is 0 Å². The Bertz CT molecular complexity index is 356. The van der Waals surface area contributed by atoms with Crippen LogP contribution in [0.3, 0.4) is 0 Å². The summed E-state index contributed by atoms with van der Waals surface area (Å²) in [6, 6.07) is -0.343. The molecule has 2 rings (SSSR count). The van der Waals surface area contributed by atoms with Gasteiger partial charge in [0.1, 0.15) is 6.04 Å². The molecule has 6 nitrogen and oxygen atoms in total. The molecule has 2 fully saturated rings. The Morgan fingerprint density at radius 1 is 1.35 bits per heavy atom. The Balaban J connectivity index is 1.76. The molecule has 0 aromatic rings. The molecule has 1 heterocycles. The molecule has 0 bridgehead atoms. The molecule has 0 radical (unpaired) electrons. The van der Waals surface area contributed by atoms with E-state index >= 15 is 0 Å². The molecule has 1 aliphatic heterocycles. The second kappa shape index (κ2) is 7.04. The monoisotopic (exact) mass is 283 g/mol. The molecular weight excluding hydrogens is 258 g/mol. The van der Waals surface area contributed by atoms with Crippen molar-refractivity contribution in [2.45, 2.75) is 44.7 Å². The molecule has 3 atom stereocenters. The van der Waals surface area contributed by atoms with Crippen molar-refractivity contribution in [3.63, 3.8) is 0 Å². The maximum Gasteiger partial charge on any atom is 0.245 e. The van der Waals surface area contributed by atoms with Gasteiger partial charge in [-0.15, -0.1) is 0 Å². The molecule has 20 heavy (non-hydrogen) atoms. The highest BCUT2D eigenvalue weighted by Gasteiger charge is 2.28. The number of nitrogens with one attached hydrogen (secondary N) is 1. The lowest BCUT2D eigenvalue weighted by atomic mass is 10.00. The summed E-state index contributed by atoms with van der Waals surface area (Å²) >= 11 is 0. The van der Waals surface area contributed by atoms with E-state index in [0.29, 0.717) is 32.7 Å². The summed E-state index contributed by atoms with van der Waals surface area (Å²) in [5.41, 5.74) is 5.97. The zero-order valence-electron chi connectivity index (χ0n) is 12.1. The highest BCUT2D eigenvalue weighted by Crippen LogP contribution is 2.26. The number of morpholine rings is 1. The number of ether oxygens (including phenoxy) is 1. The van der Waals surface area contributed by atoms with Crippen LogP contribution in [0.25, 0.3) is 0 Å². The van der Waals surface area contributed by atoms with Crippen molar-refractivity contribution in [3.05, 3.63) is 0 Å². The Labute approximate surface area is 120 Å². The van der Waals surface area contributed by atoms with Crippen LogP contribution in [-0.4, -0.2) is 55.1 Å². The maximum absolute atomic E-state index is 12.2. The lowest BCUT2D eigenvalue weighted by molar-refractivity contribution is -0.139. The summed E-state index contributed by atoms with van der Waals surface area (Å²) in [6.07, 6.45) is 3.55. The first kappa shape index (κ1) is 15.3. The van der Waals surface area contributed by atoms with Crippen LogP contribution in [0.15, 0.2) is 0 Å². The molecule has 0 aromatic carbocycles. The Morgan fingerprint density at radius 3 is 2.65 bits per heavy atom. The van der Waals surface area contributed by atoms with Gasteiger partial charge in [0, 0.05) is 25.6 Å². The van der Waals surface area contributed by atoms with E-state index in [4.69, 9.17) is 10.5 Å². The highest BCUT2D eigenvalue weighted by atomic mass is 16.5. The van der Waals surface area contributed by atoms with Crippen LogP contribution in [0.1, 0.15) is 32.6 Å². The Hall–Kier alpha value is -1.14. The van der Waals surface area contributed by atoms with Crippen molar-refractivity contribution in [3.8, 4) is 0 Å². The minimum Gasteiger partial charge on any atom is -0.378 e. The van der Waals surface area contributed by atoms with E-state index in [1.54, 1.807) is 11.8 Å². The molecule has 0 aromatic heterocycles. The summed E-state index contributed by atoms with van der Waals surface area (Å²) in [7, 11) is 0. The van der Waals surface area contributed by atoms with Crippen molar-refractivity contribution in [1.29, 1.82) is 0 Å². The van der Waals surface area contributed by atoms with Gasteiger partial charge in [-0.05, 0) is 25.7 Å². The van der Waals surface area contributed by atoms with Gasteiger partial charge in [-0.3, -0.25) is 9.59 Å². The van der Waals surface area contributed by atoms with E-state index in [1.807, 2.05) is 0 Å². The second-order valence-corrected chi connectivity index (χ2v) is 5.79. The van der Waals surface area contributed by atoms with Gasteiger partial charge in [0.05, 0.1) is 13.2 Å². The average Bonchev–Trinajstić information content (AvgIpc) is 2.84. The van der Waals surface area contributed by atoms with Gasteiger partial charge in [0.15, 0.2) is 0 Å². The summed E-state index contributed by atoms with van der Waals surface area (Å²) in [5, 5.41) is 2.80. The fraction of sp³-hybridized carbons (Fsp3) is 0.857. The van der Waals surface area contributed by atoms with Crippen LogP contribution in [0.4, 0.5) is 0 Å². The summed E-state index contributed by atoms with van der Waals surface area (Å²) in [6.45, 7) is 4.09. The van der Waals surface area contributed by atoms with Crippen molar-refractivity contribution in [2.24, 2.45) is 11.7 Å². The second-order valence-electron chi connectivity index (χ2n) is 5.79. The van der Waals surface area contributed by atoms with E-state index in [2.05, 4.69) is 5.32 Å². The van der Waals surface area contributed by atoms with Crippen LogP contribution < -0.4 is 11.1 Å². The smallest absolute Gasteiger partial charge is 0.245 e. The number of hydrogen-bond donors (Lipinski definition) is 2. The lowest BCUT2D eigenvalue weighted by Crippen LogP contribution is -2.50.